The van der Waals surface area contributed by atoms with E-state index in [2.05, 4.69) is 26.3 Å². The molecule has 1 aromatic heterocycles. The fourth-order valence-electron chi connectivity index (χ4n) is 3.39. The van der Waals surface area contributed by atoms with Crippen molar-refractivity contribution < 1.29 is 25.2 Å². The first kappa shape index (κ1) is 20.9. The fraction of sp³-hybridized carbons (Fsp3) is 0.300. The smallest absolute Gasteiger partial charge is 0.280 e. The number of aliphatic hydroxyl groups excluding tert-OH is 4. The van der Waals surface area contributed by atoms with Gasteiger partial charge in [0, 0.05) is 10.0 Å². The van der Waals surface area contributed by atoms with Crippen LogP contribution < -0.4 is 11.0 Å². The zero-order valence-electron chi connectivity index (χ0n) is 15.6. The van der Waals surface area contributed by atoms with Crippen molar-refractivity contribution >= 4 is 26.8 Å². The summed E-state index contributed by atoms with van der Waals surface area (Å²) in [6.07, 6.45) is -7.03. The van der Waals surface area contributed by atoms with E-state index in [1.54, 1.807) is 42.5 Å². The van der Waals surface area contributed by atoms with Crippen LogP contribution in [0.25, 0.3) is 22.3 Å². The molecule has 0 radical (unpaired) electrons. The van der Waals surface area contributed by atoms with Crippen molar-refractivity contribution in [3.8, 4) is 11.4 Å². The molecule has 1 aliphatic rings. The number of benzene rings is 2. The molecule has 5 N–H and O–H groups in total. The van der Waals surface area contributed by atoms with E-state index in [1.165, 1.54) is 0 Å². The first-order chi connectivity index (χ1) is 14.4. The second kappa shape index (κ2) is 8.42. The van der Waals surface area contributed by atoms with Gasteiger partial charge in [-0.2, -0.15) is 0 Å². The molecule has 9 nitrogen and oxygen atoms in total. The lowest BCUT2D eigenvalue weighted by molar-refractivity contribution is -0.224. The van der Waals surface area contributed by atoms with Gasteiger partial charge in [-0.05, 0) is 18.2 Å². The Morgan fingerprint density at radius 1 is 1.07 bits per heavy atom. The molecule has 1 saturated heterocycles. The molecular weight excluding hydrogens is 458 g/mol. The molecule has 0 spiro atoms. The van der Waals surface area contributed by atoms with Crippen LogP contribution in [0.15, 0.2) is 57.8 Å². The standard InChI is InChI=1S/C20H20BrN3O6/c21-11-6-7-13-12(8-11)20(29)24(18(22-13)10-4-2-1-3-5-10)23-19-17(28)16(27)15(26)14(9-25)30-19/h1-8,14-17,19,23,25-28H,9H2/t14-,15+,16+,17-,19-/m1/s1. The highest BCUT2D eigenvalue weighted by molar-refractivity contribution is 9.10. The van der Waals surface area contributed by atoms with Crippen LogP contribution in [0.5, 0.6) is 0 Å². The van der Waals surface area contributed by atoms with Crippen LogP contribution >= 0.6 is 15.9 Å². The first-order valence-corrected chi connectivity index (χ1v) is 10.0. The van der Waals surface area contributed by atoms with Crippen molar-refractivity contribution in [3.05, 3.63) is 63.4 Å². The van der Waals surface area contributed by atoms with Gasteiger partial charge < -0.3 is 25.2 Å². The lowest BCUT2D eigenvalue weighted by atomic mass is 9.99. The van der Waals surface area contributed by atoms with Crippen LogP contribution in [0.2, 0.25) is 0 Å². The number of nitrogens with one attached hydrogen (secondary N) is 1. The summed E-state index contributed by atoms with van der Waals surface area (Å²) in [6.45, 7) is -0.577. The highest BCUT2D eigenvalue weighted by Crippen LogP contribution is 2.23. The summed E-state index contributed by atoms with van der Waals surface area (Å²) in [4.78, 5) is 17.9. The normalized spacial score (nSPS) is 26.6. The monoisotopic (exact) mass is 477 g/mol. The lowest BCUT2D eigenvalue weighted by Gasteiger charge is -2.40. The SMILES string of the molecule is O=c1c2cc(Br)ccc2nc(-c2ccccc2)n1N[C@@H]1O[C@H](CO)[C@H](O)[C@H](O)[C@H]1O. The highest BCUT2D eigenvalue weighted by atomic mass is 79.9. The van der Waals surface area contributed by atoms with Crippen LogP contribution in [0.1, 0.15) is 0 Å². The summed E-state index contributed by atoms with van der Waals surface area (Å²) in [5.74, 6) is 0.271. The summed E-state index contributed by atoms with van der Waals surface area (Å²) in [5, 5.41) is 40.2. The van der Waals surface area contributed by atoms with Gasteiger partial charge in [0.05, 0.1) is 17.5 Å². The predicted molar refractivity (Wildman–Crippen MR) is 112 cm³/mol. The van der Waals surface area contributed by atoms with Crippen molar-refractivity contribution in [2.45, 2.75) is 30.6 Å². The molecule has 30 heavy (non-hydrogen) atoms. The minimum absolute atomic E-state index is 0.271. The van der Waals surface area contributed by atoms with Gasteiger partial charge in [0.2, 0.25) is 0 Å². The molecule has 0 amide bonds. The Hall–Kier alpha value is -2.34. The molecular formula is C20H20BrN3O6. The van der Waals surface area contributed by atoms with E-state index in [4.69, 9.17) is 4.74 Å². The summed E-state index contributed by atoms with van der Waals surface area (Å²) in [5.41, 5.74) is 3.43. The Morgan fingerprint density at radius 2 is 1.80 bits per heavy atom. The van der Waals surface area contributed by atoms with Crippen molar-refractivity contribution in [2.75, 3.05) is 12.0 Å². The van der Waals surface area contributed by atoms with Gasteiger partial charge in [-0.25, -0.2) is 9.66 Å². The van der Waals surface area contributed by atoms with Crippen molar-refractivity contribution in [1.82, 2.24) is 9.66 Å². The molecule has 1 aliphatic heterocycles. The molecule has 0 aliphatic carbocycles. The Bertz CT molecular complexity index is 1110. The number of nitrogens with zero attached hydrogens (tertiary/aromatic N) is 2. The maximum absolute atomic E-state index is 13.3. The number of hydrogen-bond donors (Lipinski definition) is 5. The van der Waals surface area contributed by atoms with Gasteiger partial charge >= 0.3 is 0 Å². The Kier molecular flexibility index (Phi) is 5.87. The highest BCUT2D eigenvalue weighted by Gasteiger charge is 2.44. The van der Waals surface area contributed by atoms with Crippen LogP contribution in [0.4, 0.5) is 0 Å². The maximum atomic E-state index is 13.3. The Morgan fingerprint density at radius 3 is 2.50 bits per heavy atom. The number of aliphatic hydroxyl groups is 4. The largest absolute Gasteiger partial charge is 0.394 e. The van der Waals surface area contributed by atoms with E-state index in [-0.39, 0.29) is 5.82 Å². The number of aromatic nitrogens is 2. The predicted octanol–water partition coefficient (Wildman–Crippen LogP) is 0.169. The first-order valence-electron chi connectivity index (χ1n) is 9.25. The molecule has 3 aromatic rings. The van der Waals surface area contributed by atoms with E-state index < -0.39 is 42.8 Å². The van der Waals surface area contributed by atoms with Crippen molar-refractivity contribution in [3.63, 3.8) is 0 Å². The van der Waals surface area contributed by atoms with Gasteiger partial charge in [0.15, 0.2) is 12.1 Å². The van der Waals surface area contributed by atoms with E-state index in [0.717, 1.165) is 4.68 Å². The lowest BCUT2D eigenvalue weighted by Crippen LogP contribution is -2.62. The molecule has 10 heteroatoms. The maximum Gasteiger partial charge on any atom is 0.280 e. The second-order valence-corrected chi connectivity index (χ2v) is 7.90. The third-order valence-corrected chi connectivity index (χ3v) is 5.50. The van der Waals surface area contributed by atoms with Gasteiger partial charge in [-0.3, -0.25) is 10.2 Å². The molecule has 0 saturated carbocycles. The van der Waals surface area contributed by atoms with Crippen LogP contribution in [-0.2, 0) is 4.74 Å². The molecule has 5 atom stereocenters. The molecule has 0 bridgehead atoms. The van der Waals surface area contributed by atoms with Crippen molar-refractivity contribution in [1.29, 1.82) is 0 Å². The Balaban J connectivity index is 1.84. The molecule has 0 unspecified atom stereocenters. The van der Waals surface area contributed by atoms with Gasteiger partial charge in [-0.1, -0.05) is 46.3 Å². The van der Waals surface area contributed by atoms with Crippen LogP contribution in [0.3, 0.4) is 0 Å². The third kappa shape index (κ3) is 3.73. The number of halogens is 1. The fourth-order valence-corrected chi connectivity index (χ4v) is 3.75. The summed E-state index contributed by atoms with van der Waals surface area (Å²) >= 11 is 3.34. The quantitative estimate of drug-likeness (QED) is 0.358. The molecule has 158 valence electrons. The number of ether oxygens (including phenoxy) is 1. The average molecular weight is 478 g/mol. The number of fused-ring (bicyclic) bond motifs is 1. The summed E-state index contributed by atoms with van der Waals surface area (Å²) in [7, 11) is 0. The molecule has 2 aromatic carbocycles. The van der Waals surface area contributed by atoms with Gasteiger partial charge in [0.1, 0.15) is 24.4 Å². The minimum atomic E-state index is -1.58. The molecule has 4 rings (SSSR count). The van der Waals surface area contributed by atoms with E-state index in [1.807, 2.05) is 6.07 Å². The number of hydrogen-bond acceptors (Lipinski definition) is 8. The Labute approximate surface area is 179 Å². The average Bonchev–Trinajstić information content (AvgIpc) is 2.76. The third-order valence-electron chi connectivity index (χ3n) is 5.01. The van der Waals surface area contributed by atoms with E-state index in [9.17, 15) is 25.2 Å². The topological polar surface area (TPSA) is 137 Å². The minimum Gasteiger partial charge on any atom is -0.394 e. The van der Waals surface area contributed by atoms with Crippen LogP contribution in [-0.4, -0.2) is 67.3 Å². The summed E-state index contributed by atoms with van der Waals surface area (Å²) in [6, 6.07) is 14.1. The molecule has 1 fully saturated rings. The number of rotatable bonds is 4. The van der Waals surface area contributed by atoms with Crippen molar-refractivity contribution in [2.24, 2.45) is 0 Å². The van der Waals surface area contributed by atoms with Gasteiger partial charge in [0.25, 0.3) is 5.56 Å². The summed E-state index contributed by atoms with van der Waals surface area (Å²) < 4.78 is 7.33. The zero-order chi connectivity index (χ0) is 21.4. The van der Waals surface area contributed by atoms with Crippen LogP contribution in [0, 0.1) is 0 Å². The van der Waals surface area contributed by atoms with E-state index in [0.29, 0.717) is 20.9 Å². The molecule has 2 heterocycles. The van der Waals surface area contributed by atoms with Gasteiger partial charge in [-0.15, -0.1) is 0 Å². The van der Waals surface area contributed by atoms with E-state index >= 15 is 0 Å². The second-order valence-electron chi connectivity index (χ2n) is 6.98. The zero-order valence-corrected chi connectivity index (χ0v) is 17.2.